The second-order valence-corrected chi connectivity index (χ2v) is 5.74. The van der Waals surface area contributed by atoms with Crippen LogP contribution in [0.15, 0.2) is 0 Å². The van der Waals surface area contributed by atoms with E-state index < -0.39 is 0 Å². The number of rotatable bonds is 16. The van der Waals surface area contributed by atoms with Crippen molar-refractivity contribution in [3.05, 3.63) is 0 Å². The number of ether oxygens (including phenoxy) is 1. The summed E-state index contributed by atoms with van der Waals surface area (Å²) in [5, 5.41) is 9.12. The van der Waals surface area contributed by atoms with Crippen LogP contribution in [0.1, 0.15) is 71.1 Å². The fourth-order valence-electron chi connectivity index (χ4n) is 2.53. The van der Waals surface area contributed by atoms with E-state index in [1.165, 1.54) is 64.2 Å². The van der Waals surface area contributed by atoms with Crippen molar-refractivity contribution < 1.29 is 9.84 Å². The zero-order valence-corrected chi connectivity index (χ0v) is 13.9. The maximum atomic E-state index is 9.12. The zero-order chi connectivity index (χ0) is 14.9. The Morgan fingerprint density at radius 2 is 1.30 bits per heavy atom. The maximum absolute atomic E-state index is 9.12. The van der Waals surface area contributed by atoms with Gasteiger partial charge in [0.25, 0.3) is 0 Å². The van der Waals surface area contributed by atoms with Crippen LogP contribution in [0.25, 0.3) is 0 Å². The molecule has 0 aliphatic rings. The van der Waals surface area contributed by atoms with Crippen molar-refractivity contribution in [3.8, 4) is 0 Å². The van der Waals surface area contributed by atoms with Crippen LogP contribution in [0, 0.1) is 0 Å². The van der Waals surface area contributed by atoms with Crippen LogP contribution in [0.5, 0.6) is 0 Å². The minimum Gasteiger partial charge on any atom is -0.395 e. The number of aliphatic hydroxyl groups excluding tert-OH is 1. The van der Waals surface area contributed by atoms with Gasteiger partial charge in [-0.3, -0.25) is 0 Å². The van der Waals surface area contributed by atoms with Crippen molar-refractivity contribution in [1.29, 1.82) is 0 Å². The van der Waals surface area contributed by atoms with E-state index in [1.807, 2.05) is 0 Å². The number of hydrogen-bond donors (Lipinski definition) is 1. The summed E-state index contributed by atoms with van der Waals surface area (Å²) in [6.07, 6.45) is 13.0. The standard InChI is InChI=1S/C17H37NO2/c1-3-4-5-6-7-10-13-18(15-16-19)14-11-8-9-12-17-20-2/h19H,3-17H2,1-2H3. The number of unbranched alkanes of at least 4 members (excludes halogenated alkanes) is 8. The van der Waals surface area contributed by atoms with Gasteiger partial charge in [0.05, 0.1) is 6.61 Å². The summed E-state index contributed by atoms with van der Waals surface area (Å²) >= 11 is 0. The van der Waals surface area contributed by atoms with Gasteiger partial charge < -0.3 is 14.7 Å². The Kier molecular flexibility index (Phi) is 16.8. The molecule has 0 spiro atoms. The summed E-state index contributed by atoms with van der Waals surface area (Å²) < 4.78 is 5.06. The number of hydrogen-bond acceptors (Lipinski definition) is 3. The van der Waals surface area contributed by atoms with E-state index in [0.29, 0.717) is 6.61 Å². The topological polar surface area (TPSA) is 32.7 Å². The van der Waals surface area contributed by atoms with Gasteiger partial charge in [0.1, 0.15) is 0 Å². The highest BCUT2D eigenvalue weighted by Gasteiger charge is 2.03. The smallest absolute Gasteiger partial charge is 0.0558 e. The molecule has 0 aliphatic carbocycles. The second-order valence-electron chi connectivity index (χ2n) is 5.74. The molecular weight excluding hydrogens is 250 g/mol. The van der Waals surface area contributed by atoms with Crippen molar-refractivity contribution >= 4 is 0 Å². The first-order chi connectivity index (χ1) is 9.85. The van der Waals surface area contributed by atoms with Crippen molar-refractivity contribution in [2.45, 2.75) is 71.1 Å². The number of aliphatic hydroxyl groups is 1. The molecule has 0 fully saturated rings. The molecule has 0 aromatic rings. The van der Waals surface area contributed by atoms with E-state index in [-0.39, 0.29) is 0 Å². The molecule has 0 saturated heterocycles. The zero-order valence-electron chi connectivity index (χ0n) is 13.9. The van der Waals surface area contributed by atoms with E-state index >= 15 is 0 Å². The van der Waals surface area contributed by atoms with E-state index in [0.717, 1.165) is 26.2 Å². The first kappa shape index (κ1) is 19.9. The molecule has 0 heterocycles. The SMILES string of the molecule is CCCCCCCCN(CCO)CCCCCCOC. The van der Waals surface area contributed by atoms with Gasteiger partial charge in [0, 0.05) is 20.3 Å². The summed E-state index contributed by atoms with van der Waals surface area (Å²) in [6, 6.07) is 0. The highest BCUT2D eigenvalue weighted by molar-refractivity contribution is 4.58. The summed E-state index contributed by atoms with van der Waals surface area (Å²) in [5.74, 6) is 0. The van der Waals surface area contributed by atoms with Crippen molar-refractivity contribution in [3.63, 3.8) is 0 Å². The van der Waals surface area contributed by atoms with Crippen molar-refractivity contribution in [2.24, 2.45) is 0 Å². The number of nitrogens with zero attached hydrogens (tertiary/aromatic N) is 1. The lowest BCUT2D eigenvalue weighted by Crippen LogP contribution is -2.29. The average molecular weight is 287 g/mol. The summed E-state index contributed by atoms with van der Waals surface area (Å²) in [5.41, 5.74) is 0. The average Bonchev–Trinajstić information content (AvgIpc) is 2.46. The van der Waals surface area contributed by atoms with Gasteiger partial charge in [-0.05, 0) is 32.4 Å². The monoisotopic (exact) mass is 287 g/mol. The van der Waals surface area contributed by atoms with Gasteiger partial charge in [0.2, 0.25) is 0 Å². The number of methoxy groups -OCH3 is 1. The Bertz CT molecular complexity index is 160. The minimum atomic E-state index is 0.291. The molecule has 0 saturated carbocycles. The molecule has 0 radical (unpaired) electrons. The molecule has 0 aromatic heterocycles. The predicted molar refractivity (Wildman–Crippen MR) is 87.2 cm³/mol. The molecule has 0 amide bonds. The van der Waals surface area contributed by atoms with Gasteiger partial charge in [-0.15, -0.1) is 0 Å². The predicted octanol–water partition coefficient (Wildman–Crippen LogP) is 3.85. The van der Waals surface area contributed by atoms with Crippen LogP contribution >= 0.6 is 0 Å². The Hall–Kier alpha value is -0.120. The Morgan fingerprint density at radius 3 is 1.85 bits per heavy atom. The molecule has 3 nitrogen and oxygen atoms in total. The minimum absolute atomic E-state index is 0.291. The summed E-state index contributed by atoms with van der Waals surface area (Å²) in [6.45, 7) is 6.58. The van der Waals surface area contributed by atoms with Gasteiger partial charge in [-0.1, -0.05) is 51.9 Å². The highest BCUT2D eigenvalue weighted by Crippen LogP contribution is 2.07. The van der Waals surface area contributed by atoms with E-state index in [9.17, 15) is 0 Å². The van der Waals surface area contributed by atoms with E-state index in [1.54, 1.807) is 7.11 Å². The van der Waals surface area contributed by atoms with Crippen LogP contribution < -0.4 is 0 Å². The third kappa shape index (κ3) is 14.3. The fraction of sp³-hybridized carbons (Fsp3) is 1.00. The van der Waals surface area contributed by atoms with Gasteiger partial charge in [-0.2, -0.15) is 0 Å². The second kappa shape index (κ2) is 16.9. The summed E-state index contributed by atoms with van der Waals surface area (Å²) in [7, 11) is 1.77. The van der Waals surface area contributed by atoms with Crippen LogP contribution in [0.3, 0.4) is 0 Å². The van der Waals surface area contributed by atoms with Gasteiger partial charge in [0.15, 0.2) is 0 Å². The van der Waals surface area contributed by atoms with Gasteiger partial charge in [-0.25, -0.2) is 0 Å². The Labute approximate surface area is 126 Å². The molecule has 20 heavy (non-hydrogen) atoms. The Balaban J connectivity index is 3.45. The van der Waals surface area contributed by atoms with E-state index in [4.69, 9.17) is 9.84 Å². The van der Waals surface area contributed by atoms with Crippen LogP contribution in [0.2, 0.25) is 0 Å². The molecule has 0 unspecified atom stereocenters. The van der Waals surface area contributed by atoms with Crippen molar-refractivity contribution in [1.82, 2.24) is 4.90 Å². The molecule has 0 aliphatic heterocycles. The lowest BCUT2D eigenvalue weighted by atomic mass is 10.1. The van der Waals surface area contributed by atoms with Crippen LogP contribution in [-0.4, -0.2) is 50.0 Å². The largest absolute Gasteiger partial charge is 0.395 e. The molecule has 3 heteroatoms. The fourth-order valence-corrected chi connectivity index (χ4v) is 2.53. The van der Waals surface area contributed by atoms with Crippen molar-refractivity contribution in [2.75, 3.05) is 40.0 Å². The lowest BCUT2D eigenvalue weighted by Gasteiger charge is -2.21. The molecular formula is C17H37NO2. The quantitative estimate of drug-likeness (QED) is 0.438. The lowest BCUT2D eigenvalue weighted by molar-refractivity contribution is 0.183. The Morgan fingerprint density at radius 1 is 0.750 bits per heavy atom. The summed E-state index contributed by atoms with van der Waals surface area (Å²) in [4.78, 5) is 2.43. The maximum Gasteiger partial charge on any atom is 0.0558 e. The highest BCUT2D eigenvalue weighted by atomic mass is 16.5. The third-order valence-electron chi connectivity index (χ3n) is 3.82. The molecule has 0 rings (SSSR count). The van der Waals surface area contributed by atoms with E-state index in [2.05, 4.69) is 11.8 Å². The molecule has 0 aromatic carbocycles. The molecule has 0 atom stereocenters. The first-order valence-electron chi connectivity index (χ1n) is 8.67. The molecule has 1 N–H and O–H groups in total. The van der Waals surface area contributed by atoms with Crippen LogP contribution in [-0.2, 0) is 4.74 Å². The normalized spacial score (nSPS) is 11.4. The first-order valence-corrected chi connectivity index (χ1v) is 8.67. The van der Waals surface area contributed by atoms with Crippen LogP contribution in [0.4, 0.5) is 0 Å². The third-order valence-corrected chi connectivity index (χ3v) is 3.82. The molecule has 122 valence electrons. The molecule has 0 bridgehead atoms. The van der Waals surface area contributed by atoms with Gasteiger partial charge >= 0.3 is 0 Å².